The molecule has 0 saturated carbocycles. The molecule has 2 heterocycles. The second kappa shape index (κ2) is 6.33. The summed E-state index contributed by atoms with van der Waals surface area (Å²) in [6.07, 6.45) is 5.58. The fraction of sp³-hybridized carbons (Fsp3) is 0.176. The molecule has 3 aromatic rings. The third-order valence-corrected chi connectivity index (χ3v) is 3.60. The van der Waals surface area contributed by atoms with Gasteiger partial charge in [0.15, 0.2) is 0 Å². The molecule has 3 rings (SSSR count). The standard InChI is InChI=1S/C17H18N4/c1-18-12-16(17-4-2-3-9-19-17)14-7-5-13(6-8-14)15-10-20-21-11-15/h2-11,16,18H,12H2,1H3,(H,20,21). The summed E-state index contributed by atoms with van der Waals surface area (Å²) < 4.78 is 0. The van der Waals surface area contributed by atoms with E-state index in [0.717, 1.165) is 23.4 Å². The van der Waals surface area contributed by atoms with Crippen LogP contribution in [0.25, 0.3) is 11.1 Å². The molecule has 4 nitrogen and oxygen atoms in total. The maximum Gasteiger partial charge on any atom is 0.0565 e. The number of pyridine rings is 1. The minimum atomic E-state index is 0.259. The Morgan fingerprint density at radius 3 is 2.57 bits per heavy atom. The minimum absolute atomic E-state index is 0.259. The lowest BCUT2D eigenvalue weighted by Crippen LogP contribution is -2.19. The molecule has 2 aromatic heterocycles. The van der Waals surface area contributed by atoms with Crippen LogP contribution in [0.4, 0.5) is 0 Å². The minimum Gasteiger partial charge on any atom is -0.319 e. The number of rotatable bonds is 5. The van der Waals surface area contributed by atoms with Crippen LogP contribution in [0, 0.1) is 0 Å². The molecular weight excluding hydrogens is 260 g/mol. The lowest BCUT2D eigenvalue weighted by molar-refractivity contribution is 0.692. The van der Waals surface area contributed by atoms with E-state index >= 15 is 0 Å². The van der Waals surface area contributed by atoms with E-state index in [4.69, 9.17) is 0 Å². The molecule has 0 fully saturated rings. The van der Waals surface area contributed by atoms with E-state index < -0.39 is 0 Å². The van der Waals surface area contributed by atoms with Crippen molar-refractivity contribution in [3.63, 3.8) is 0 Å². The molecule has 0 spiro atoms. The first kappa shape index (κ1) is 13.5. The number of likely N-dealkylation sites (N-methyl/N-ethyl adjacent to an activating group) is 1. The molecule has 0 aliphatic rings. The number of hydrogen-bond acceptors (Lipinski definition) is 3. The van der Waals surface area contributed by atoms with Gasteiger partial charge in [0.1, 0.15) is 0 Å². The van der Waals surface area contributed by atoms with Gasteiger partial charge < -0.3 is 5.32 Å². The number of aromatic nitrogens is 3. The van der Waals surface area contributed by atoms with Gasteiger partial charge in [0, 0.05) is 36.1 Å². The van der Waals surface area contributed by atoms with Crippen LogP contribution in [0.3, 0.4) is 0 Å². The summed E-state index contributed by atoms with van der Waals surface area (Å²) in [5.74, 6) is 0.259. The summed E-state index contributed by atoms with van der Waals surface area (Å²) in [7, 11) is 1.97. The molecule has 4 heteroatoms. The van der Waals surface area contributed by atoms with Gasteiger partial charge >= 0.3 is 0 Å². The Morgan fingerprint density at radius 1 is 1.10 bits per heavy atom. The van der Waals surface area contributed by atoms with Gasteiger partial charge in [0.25, 0.3) is 0 Å². The van der Waals surface area contributed by atoms with Gasteiger partial charge in [0.2, 0.25) is 0 Å². The van der Waals surface area contributed by atoms with Crippen LogP contribution in [0.15, 0.2) is 61.1 Å². The van der Waals surface area contributed by atoms with Crippen LogP contribution in [0.1, 0.15) is 17.2 Å². The Morgan fingerprint density at radius 2 is 1.95 bits per heavy atom. The van der Waals surface area contributed by atoms with E-state index in [2.05, 4.69) is 50.8 Å². The molecular formula is C17H18N4. The van der Waals surface area contributed by atoms with Gasteiger partial charge in [-0.2, -0.15) is 5.10 Å². The second-order valence-electron chi connectivity index (χ2n) is 4.97. The van der Waals surface area contributed by atoms with Crippen LogP contribution < -0.4 is 5.32 Å². The quantitative estimate of drug-likeness (QED) is 0.754. The number of benzene rings is 1. The third-order valence-electron chi connectivity index (χ3n) is 3.60. The first-order valence-corrected chi connectivity index (χ1v) is 7.03. The Hall–Kier alpha value is -2.46. The molecule has 2 N–H and O–H groups in total. The van der Waals surface area contributed by atoms with Crippen molar-refractivity contribution in [3.05, 3.63) is 72.3 Å². The van der Waals surface area contributed by atoms with E-state index in [1.54, 1.807) is 0 Å². The average molecular weight is 278 g/mol. The van der Waals surface area contributed by atoms with Gasteiger partial charge in [-0.25, -0.2) is 0 Å². The lowest BCUT2D eigenvalue weighted by Gasteiger charge is -2.17. The summed E-state index contributed by atoms with van der Waals surface area (Å²) in [5.41, 5.74) is 4.61. The van der Waals surface area contributed by atoms with E-state index in [9.17, 15) is 0 Å². The highest BCUT2D eigenvalue weighted by molar-refractivity contribution is 5.62. The van der Waals surface area contributed by atoms with Crippen molar-refractivity contribution >= 4 is 0 Å². The first-order valence-electron chi connectivity index (χ1n) is 7.03. The van der Waals surface area contributed by atoms with E-state index in [0.29, 0.717) is 0 Å². The molecule has 0 saturated heterocycles. The highest BCUT2D eigenvalue weighted by Gasteiger charge is 2.14. The first-order chi connectivity index (χ1) is 10.4. The Kier molecular flexibility index (Phi) is 4.07. The molecule has 0 radical (unpaired) electrons. The van der Waals surface area contributed by atoms with Crippen molar-refractivity contribution < 1.29 is 0 Å². The van der Waals surface area contributed by atoms with Crippen LogP contribution >= 0.6 is 0 Å². The molecule has 0 bridgehead atoms. The average Bonchev–Trinajstić information content (AvgIpc) is 3.08. The highest BCUT2D eigenvalue weighted by atomic mass is 15.1. The fourth-order valence-electron chi connectivity index (χ4n) is 2.50. The predicted octanol–water partition coefficient (Wildman–Crippen LogP) is 2.82. The zero-order valence-electron chi connectivity index (χ0n) is 12.0. The highest BCUT2D eigenvalue weighted by Crippen LogP contribution is 2.25. The zero-order valence-corrected chi connectivity index (χ0v) is 12.0. The van der Waals surface area contributed by atoms with Crippen molar-refractivity contribution in [2.75, 3.05) is 13.6 Å². The number of H-pyrrole nitrogens is 1. The van der Waals surface area contributed by atoms with Crippen molar-refractivity contribution in [1.29, 1.82) is 0 Å². The van der Waals surface area contributed by atoms with Gasteiger partial charge in [-0.3, -0.25) is 10.1 Å². The van der Waals surface area contributed by atoms with Crippen LogP contribution in [-0.2, 0) is 0 Å². The second-order valence-corrected chi connectivity index (χ2v) is 4.97. The predicted molar refractivity (Wildman–Crippen MR) is 84.0 cm³/mol. The third kappa shape index (κ3) is 3.01. The summed E-state index contributed by atoms with van der Waals surface area (Å²) in [5, 5.41) is 10.1. The summed E-state index contributed by atoms with van der Waals surface area (Å²) in [4.78, 5) is 4.49. The SMILES string of the molecule is CNCC(c1ccc(-c2cn[nH]c2)cc1)c1ccccn1. The van der Waals surface area contributed by atoms with E-state index in [-0.39, 0.29) is 5.92 Å². The smallest absolute Gasteiger partial charge is 0.0565 e. The van der Waals surface area contributed by atoms with Crippen LogP contribution in [0.5, 0.6) is 0 Å². The largest absolute Gasteiger partial charge is 0.319 e. The molecule has 1 unspecified atom stereocenters. The molecule has 1 aromatic carbocycles. The Bertz CT molecular complexity index is 660. The Labute approximate surface area is 124 Å². The molecule has 0 amide bonds. The molecule has 106 valence electrons. The van der Waals surface area contributed by atoms with Gasteiger partial charge in [-0.1, -0.05) is 30.3 Å². The maximum atomic E-state index is 4.49. The van der Waals surface area contributed by atoms with Crippen molar-refractivity contribution in [2.24, 2.45) is 0 Å². The normalized spacial score (nSPS) is 12.2. The lowest BCUT2D eigenvalue weighted by atomic mass is 9.93. The van der Waals surface area contributed by atoms with Gasteiger partial charge in [-0.05, 0) is 30.3 Å². The summed E-state index contributed by atoms with van der Waals surface area (Å²) in [6.45, 7) is 0.863. The van der Waals surface area contributed by atoms with Crippen molar-refractivity contribution in [2.45, 2.75) is 5.92 Å². The molecule has 21 heavy (non-hydrogen) atoms. The summed E-state index contributed by atoms with van der Waals surface area (Å²) >= 11 is 0. The van der Waals surface area contributed by atoms with Crippen LogP contribution in [0.2, 0.25) is 0 Å². The number of nitrogens with one attached hydrogen (secondary N) is 2. The monoisotopic (exact) mass is 278 g/mol. The summed E-state index contributed by atoms with van der Waals surface area (Å²) in [6, 6.07) is 14.6. The zero-order chi connectivity index (χ0) is 14.5. The van der Waals surface area contributed by atoms with Crippen LogP contribution in [-0.4, -0.2) is 28.8 Å². The van der Waals surface area contributed by atoms with Gasteiger partial charge in [0.05, 0.1) is 6.20 Å². The molecule has 0 aliphatic carbocycles. The van der Waals surface area contributed by atoms with Gasteiger partial charge in [-0.15, -0.1) is 0 Å². The maximum absolute atomic E-state index is 4.49. The Balaban J connectivity index is 1.90. The number of nitrogens with zero attached hydrogens (tertiary/aromatic N) is 2. The number of hydrogen-bond donors (Lipinski definition) is 2. The topological polar surface area (TPSA) is 53.6 Å². The van der Waals surface area contributed by atoms with Crippen molar-refractivity contribution in [3.8, 4) is 11.1 Å². The number of aromatic amines is 1. The van der Waals surface area contributed by atoms with E-state index in [1.165, 1.54) is 5.56 Å². The molecule has 0 aliphatic heterocycles. The fourth-order valence-corrected chi connectivity index (χ4v) is 2.50. The van der Waals surface area contributed by atoms with E-state index in [1.807, 2.05) is 37.8 Å². The van der Waals surface area contributed by atoms with Crippen molar-refractivity contribution in [1.82, 2.24) is 20.5 Å². The molecule has 1 atom stereocenters.